The monoisotopic (exact) mass is 341 g/mol. The average Bonchev–Trinajstić information content (AvgIpc) is 3.07. The highest BCUT2D eigenvalue weighted by atomic mass is 19.3. The summed E-state index contributed by atoms with van der Waals surface area (Å²) in [6, 6.07) is 14.5. The van der Waals surface area contributed by atoms with Crippen LogP contribution in [-0.2, 0) is 6.54 Å². The number of amides is 1. The molecule has 1 aromatic heterocycles. The van der Waals surface area contributed by atoms with Crippen molar-refractivity contribution in [3.8, 4) is 11.4 Å². The summed E-state index contributed by atoms with van der Waals surface area (Å²) in [4.78, 5) is 16.3. The van der Waals surface area contributed by atoms with Crippen LogP contribution in [0.25, 0.3) is 22.4 Å². The highest BCUT2D eigenvalue weighted by Crippen LogP contribution is 2.50. The van der Waals surface area contributed by atoms with Gasteiger partial charge in [-0.05, 0) is 24.3 Å². The van der Waals surface area contributed by atoms with E-state index in [1.807, 2.05) is 28.8 Å². The molecule has 1 atom stereocenters. The van der Waals surface area contributed by atoms with E-state index in [0.717, 1.165) is 16.6 Å². The highest BCUT2D eigenvalue weighted by molar-refractivity contribution is 5.94. The van der Waals surface area contributed by atoms with E-state index in [1.54, 1.807) is 31.3 Å². The molecule has 1 saturated carbocycles. The number of fused-ring (bicyclic) bond motifs is 1. The number of hydrogen-bond donors (Lipinski definition) is 1. The summed E-state index contributed by atoms with van der Waals surface area (Å²) in [6.45, 7) is 0.236. The third-order valence-corrected chi connectivity index (χ3v) is 4.65. The van der Waals surface area contributed by atoms with Gasteiger partial charge in [0.25, 0.3) is 11.8 Å². The maximum atomic E-state index is 13.4. The fraction of sp³-hybridized carbons (Fsp3) is 0.263. The number of hydrogen-bond acceptors (Lipinski definition) is 2. The lowest BCUT2D eigenvalue weighted by molar-refractivity contribution is 0.0950. The minimum atomic E-state index is -2.58. The molecule has 0 radical (unpaired) electrons. The highest BCUT2D eigenvalue weighted by Gasteiger charge is 2.56. The van der Waals surface area contributed by atoms with Crippen LogP contribution in [0.4, 0.5) is 8.78 Å². The molecule has 1 N–H and O–H groups in total. The Morgan fingerprint density at radius 2 is 1.92 bits per heavy atom. The summed E-state index contributed by atoms with van der Waals surface area (Å²) < 4.78 is 28.7. The second-order valence-electron chi connectivity index (χ2n) is 6.35. The Labute approximate surface area is 143 Å². The molecular formula is C19H17F2N3O. The van der Waals surface area contributed by atoms with Crippen molar-refractivity contribution in [3.63, 3.8) is 0 Å². The molecule has 0 aliphatic heterocycles. The van der Waals surface area contributed by atoms with Gasteiger partial charge in [-0.3, -0.25) is 4.79 Å². The minimum Gasteiger partial charge on any atom is -0.355 e. The Balaban J connectivity index is 1.77. The Morgan fingerprint density at radius 3 is 2.56 bits per heavy atom. The van der Waals surface area contributed by atoms with Gasteiger partial charge in [-0.15, -0.1) is 0 Å². The number of nitrogens with zero attached hydrogens (tertiary/aromatic N) is 2. The van der Waals surface area contributed by atoms with E-state index in [4.69, 9.17) is 0 Å². The Morgan fingerprint density at radius 1 is 1.24 bits per heavy atom. The molecule has 0 spiro atoms. The van der Waals surface area contributed by atoms with Gasteiger partial charge in [0.15, 0.2) is 0 Å². The number of benzene rings is 2. The normalized spacial score (nSPS) is 18.3. The smallest absolute Gasteiger partial charge is 0.253 e. The van der Waals surface area contributed by atoms with Crippen LogP contribution in [0, 0.1) is 5.92 Å². The lowest BCUT2D eigenvalue weighted by atomic mass is 10.1. The predicted octanol–water partition coefficient (Wildman–Crippen LogP) is 3.72. The molecule has 128 valence electrons. The van der Waals surface area contributed by atoms with Crippen molar-refractivity contribution in [3.05, 3.63) is 54.1 Å². The molecule has 1 aliphatic rings. The summed E-state index contributed by atoms with van der Waals surface area (Å²) in [7, 11) is 1.57. The second kappa shape index (κ2) is 5.65. The van der Waals surface area contributed by atoms with Crippen LogP contribution in [0.15, 0.2) is 48.5 Å². The summed E-state index contributed by atoms with van der Waals surface area (Å²) in [5, 5.41) is 2.57. The molecule has 1 aliphatic carbocycles. The molecule has 1 fully saturated rings. The molecule has 3 aromatic rings. The van der Waals surface area contributed by atoms with Gasteiger partial charge in [-0.2, -0.15) is 0 Å². The van der Waals surface area contributed by atoms with E-state index in [2.05, 4.69) is 10.3 Å². The van der Waals surface area contributed by atoms with E-state index in [0.29, 0.717) is 11.4 Å². The quantitative estimate of drug-likeness (QED) is 0.786. The summed E-state index contributed by atoms with van der Waals surface area (Å²) >= 11 is 0. The van der Waals surface area contributed by atoms with Crippen LogP contribution in [-0.4, -0.2) is 28.4 Å². The third kappa shape index (κ3) is 2.77. The van der Waals surface area contributed by atoms with Crippen molar-refractivity contribution in [1.29, 1.82) is 0 Å². The van der Waals surface area contributed by atoms with Crippen LogP contribution in [0.2, 0.25) is 0 Å². The zero-order chi connectivity index (χ0) is 17.6. The lowest BCUT2D eigenvalue weighted by Crippen LogP contribution is -2.17. The molecule has 4 rings (SSSR count). The molecule has 0 saturated heterocycles. The van der Waals surface area contributed by atoms with Crippen LogP contribution < -0.4 is 5.32 Å². The maximum absolute atomic E-state index is 13.4. The lowest BCUT2D eigenvalue weighted by Gasteiger charge is -2.09. The Kier molecular flexibility index (Phi) is 3.56. The van der Waals surface area contributed by atoms with Crippen molar-refractivity contribution >= 4 is 16.9 Å². The number of rotatable bonds is 4. The van der Waals surface area contributed by atoms with E-state index >= 15 is 0 Å². The number of imidazole rings is 1. The first-order valence-electron chi connectivity index (χ1n) is 8.15. The number of carbonyl (C=O) groups is 1. The third-order valence-electron chi connectivity index (χ3n) is 4.65. The van der Waals surface area contributed by atoms with Crippen molar-refractivity contribution < 1.29 is 13.6 Å². The van der Waals surface area contributed by atoms with Gasteiger partial charge in [-0.1, -0.05) is 24.3 Å². The van der Waals surface area contributed by atoms with Gasteiger partial charge < -0.3 is 9.88 Å². The van der Waals surface area contributed by atoms with Gasteiger partial charge in [-0.25, -0.2) is 13.8 Å². The second-order valence-corrected chi connectivity index (χ2v) is 6.35. The molecule has 6 heteroatoms. The number of nitrogens with one attached hydrogen (secondary N) is 1. The van der Waals surface area contributed by atoms with Crippen molar-refractivity contribution in [2.75, 3.05) is 7.05 Å². The van der Waals surface area contributed by atoms with Gasteiger partial charge in [0.2, 0.25) is 0 Å². The molecule has 1 unspecified atom stereocenters. The number of alkyl halides is 2. The Bertz CT molecular complexity index is 947. The van der Waals surface area contributed by atoms with Crippen molar-refractivity contribution in [2.24, 2.45) is 5.92 Å². The van der Waals surface area contributed by atoms with Crippen LogP contribution in [0.1, 0.15) is 16.8 Å². The first kappa shape index (κ1) is 15.7. The zero-order valence-corrected chi connectivity index (χ0v) is 13.7. The van der Waals surface area contributed by atoms with Gasteiger partial charge >= 0.3 is 0 Å². The van der Waals surface area contributed by atoms with Crippen molar-refractivity contribution in [1.82, 2.24) is 14.9 Å². The van der Waals surface area contributed by atoms with Crippen molar-refractivity contribution in [2.45, 2.75) is 18.9 Å². The molecule has 0 bridgehead atoms. The number of aromatic nitrogens is 2. The first-order chi connectivity index (χ1) is 12.0. The maximum Gasteiger partial charge on any atom is 0.253 e. The van der Waals surface area contributed by atoms with Crippen LogP contribution in [0.5, 0.6) is 0 Å². The first-order valence-corrected chi connectivity index (χ1v) is 8.15. The minimum absolute atomic E-state index is 0.0748. The van der Waals surface area contributed by atoms with E-state index < -0.39 is 11.8 Å². The topological polar surface area (TPSA) is 46.9 Å². The summed E-state index contributed by atoms with van der Waals surface area (Å²) in [6.07, 6.45) is -0.0748. The fourth-order valence-corrected chi connectivity index (χ4v) is 3.08. The molecule has 2 aromatic carbocycles. The summed E-state index contributed by atoms with van der Waals surface area (Å²) in [5.41, 5.74) is 2.96. The average molecular weight is 341 g/mol. The SMILES string of the molecule is CNC(=O)c1ccc(-c2nc3ccccc3n2CC2CC2(F)F)cc1. The predicted molar refractivity (Wildman–Crippen MR) is 91.6 cm³/mol. The largest absolute Gasteiger partial charge is 0.355 e. The standard InChI is InChI=1S/C19H17F2N3O/c1-22-18(25)13-8-6-12(7-9-13)17-23-15-4-2-3-5-16(15)24(17)11-14-10-19(14,20)21/h2-9,14H,10-11H2,1H3,(H,22,25). The molecular weight excluding hydrogens is 324 g/mol. The van der Waals surface area contributed by atoms with Gasteiger partial charge in [0.05, 0.1) is 11.0 Å². The molecule has 4 nitrogen and oxygen atoms in total. The number of para-hydroxylation sites is 2. The van der Waals surface area contributed by atoms with E-state index in [-0.39, 0.29) is 18.9 Å². The number of halogens is 2. The van der Waals surface area contributed by atoms with Gasteiger partial charge in [0.1, 0.15) is 5.82 Å². The molecule has 1 heterocycles. The van der Waals surface area contributed by atoms with E-state index in [1.165, 1.54) is 0 Å². The van der Waals surface area contributed by atoms with E-state index in [9.17, 15) is 13.6 Å². The molecule has 25 heavy (non-hydrogen) atoms. The zero-order valence-electron chi connectivity index (χ0n) is 13.7. The van der Waals surface area contributed by atoms with Gasteiger partial charge in [0, 0.05) is 37.1 Å². The molecule has 1 amide bonds. The summed E-state index contributed by atoms with van der Waals surface area (Å²) in [5.74, 6) is -2.75. The fourth-order valence-electron chi connectivity index (χ4n) is 3.08. The van der Waals surface area contributed by atoms with Crippen LogP contribution in [0.3, 0.4) is 0 Å². The van der Waals surface area contributed by atoms with Crippen LogP contribution >= 0.6 is 0 Å². The Hall–Kier alpha value is -2.76. The number of carbonyl (C=O) groups excluding carboxylic acids is 1.